The quantitative estimate of drug-likeness (QED) is 0.761. The number of anilines is 2. The van der Waals surface area contributed by atoms with E-state index in [0.717, 1.165) is 69.2 Å². The lowest BCUT2D eigenvalue weighted by atomic mass is 9.52. The van der Waals surface area contributed by atoms with Gasteiger partial charge in [0.05, 0.1) is 24.6 Å². The summed E-state index contributed by atoms with van der Waals surface area (Å²) in [6.07, 6.45) is 4.15. The molecule has 31 heavy (non-hydrogen) atoms. The fourth-order valence-electron chi connectivity index (χ4n) is 5.95. The number of amides is 1. The molecule has 0 radical (unpaired) electrons. The number of hydrogen-bond donors (Lipinski definition) is 2. The summed E-state index contributed by atoms with van der Waals surface area (Å²) < 4.78 is 11.0. The number of fused-ring (bicyclic) bond motifs is 1. The van der Waals surface area contributed by atoms with E-state index in [2.05, 4.69) is 34.6 Å². The molecule has 2 aliphatic heterocycles. The van der Waals surface area contributed by atoms with Crippen LogP contribution < -0.4 is 15.5 Å². The largest absolute Gasteiger partial charge is 0.444 e. The number of alkyl carbamates (subject to hydrolysis) is 1. The number of rotatable bonds is 4. The summed E-state index contributed by atoms with van der Waals surface area (Å²) in [4.78, 5) is 19.3. The fourth-order valence-corrected chi connectivity index (χ4v) is 5.95. The van der Waals surface area contributed by atoms with Crippen molar-refractivity contribution in [2.75, 3.05) is 36.5 Å². The molecule has 2 N–H and O–H groups in total. The molecular weight excluding hydrogens is 392 g/mol. The first-order chi connectivity index (χ1) is 14.7. The van der Waals surface area contributed by atoms with E-state index >= 15 is 0 Å². The standard InChI is InChI=1S/C24H36N4O3/c1-15-20(5-6-21(25-15)28-11-16-13-30-14-17(16)12-28)26-18-7-24(8-18)9-19(10-24)27-22(29)31-23(2,3)4/h5-6,16-19,26H,7-14H2,1-4H3,(H,27,29). The third kappa shape index (κ3) is 4.34. The van der Waals surface area contributed by atoms with Crippen molar-refractivity contribution in [2.45, 2.75) is 71.1 Å². The Morgan fingerprint density at radius 1 is 1.13 bits per heavy atom. The van der Waals surface area contributed by atoms with Crippen LogP contribution in [0.3, 0.4) is 0 Å². The van der Waals surface area contributed by atoms with E-state index in [1.54, 1.807) is 0 Å². The Bertz CT molecular complexity index is 826. The molecule has 5 rings (SSSR count). The molecular formula is C24H36N4O3. The van der Waals surface area contributed by atoms with Crippen molar-refractivity contribution in [3.05, 3.63) is 17.8 Å². The van der Waals surface area contributed by atoms with Gasteiger partial charge in [-0.25, -0.2) is 9.78 Å². The topological polar surface area (TPSA) is 75.7 Å². The van der Waals surface area contributed by atoms with E-state index in [0.29, 0.717) is 23.3 Å². The summed E-state index contributed by atoms with van der Waals surface area (Å²) in [6, 6.07) is 5.11. The van der Waals surface area contributed by atoms with E-state index in [9.17, 15) is 4.79 Å². The van der Waals surface area contributed by atoms with Crippen LogP contribution >= 0.6 is 0 Å². The molecule has 2 aliphatic carbocycles. The van der Waals surface area contributed by atoms with Crippen molar-refractivity contribution >= 4 is 17.6 Å². The van der Waals surface area contributed by atoms with Crippen molar-refractivity contribution < 1.29 is 14.3 Å². The van der Waals surface area contributed by atoms with E-state index in [1.165, 1.54) is 0 Å². The maximum Gasteiger partial charge on any atom is 0.407 e. The predicted molar refractivity (Wildman–Crippen MR) is 120 cm³/mol. The van der Waals surface area contributed by atoms with Crippen LogP contribution in [0.4, 0.5) is 16.3 Å². The summed E-state index contributed by atoms with van der Waals surface area (Å²) in [5, 5.41) is 6.71. The first-order valence-electron chi connectivity index (χ1n) is 11.7. The van der Waals surface area contributed by atoms with Crippen LogP contribution in [0.25, 0.3) is 0 Å². The Kier molecular flexibility index (Phi) is 5.07. The van der Waals surface area contributed by atoms with Gasteiger partial charge in [0.15, 0.2) is 0 Å². The Morgan fingerprint density at radius 2 is 1.77 bits per heavy atom. The molecule has 7 heteroatoms. The number of aryl methyl sites for hydroxylation is 1. The van der Waals surface area contributed by atoms with Gasteiger partial charge >= 0.3 is 6.09 Å². The Balaban J connectivity index is 1.08. The van der Waals surface area contributed by atoms with E-state index in [1.807, 2.05) is 20.8 Å². The number of carbonyl (C=O) groups excluding carboxylic acids is 1. The lowest BCUT2D eigenvalue weighted by Gasteiger charge is -2.58. The number of carbonyl (C=O) groups is 1. The number of nitrogens with one attached hydrogen (secondary N) is 2. The predicted octanol–water partition coefficient (Wildman–Crippen LogP) is 3.72. The summed E-state index contributed by atoms with van der Waals surface area (Å²) in [7, 11) is 0. The van der Waals surface area contributed by atoms with Crippen LogP contribution in [-0.2, 0) is 9.47 Å². The molecule has 2 saturated carbocycles. The second-order valence-electron chi connectivity index (χ2n) is 11.3. The van der Waals surface area contributed by atoms with Crippen molar-refractivity contribution in [3.8, 4) is 0 Å². The molecule has 2 atom stereocenters. The van der Waals surface area contributed by atoms with Gasteiger partial charge in [-0.2, -0.15) is 0 Å². The van der Waals surface area contributed by atoms with Crippen LogP contribution in [-0.4, -0.2) is 55.1 Å². The molecule has 2 saturated heterocycles. The van der Waals surface area contributed by atoms with Gasteiger partial charge in [0.2, 0.25) is 0 Å². The molecule has 3 heterocycles. The molecule has 1 spiro atoms. The molecule has 0 aromatic carbocycles. The minimum absolute atomic E-state index is 0.254. The zero-order chi connectivity index (χ0) is 21.8. The molecule has 170 valence electrons. The van der Waals surface area contributed by atoms with Crippen LogP contribution in [0.2, 0.25) is 0 Å². The van der Waals surface area contributed by atoms with E-state index in [4.69, 9.17) is 14.5 Å². The van der Waals surface area contributed by atoms with E-state index < -0.39 is 5.60 Å². The van der Waals surface area contributed by atoms with Gasteiger partial charge in [-0.05, 0) is 70.9 Å². The van der Waals surface area contributed by atoms with Crippen LogP contribution in [0.15, 0.2) is 12.1 Å². The van der Waals surface area contributed by atoms with Gasteiger partial charge in [-0.1, -0.05) is 0 Å². The smallest absolute Gasteiger partial charge is 0.407 e. The molecule has 1 aromatic heterocycles. The number of nitrogens with zero attached hydrogens (tertiary/aromatic N) is 2. The van der Waals surface area contributed by atoms with Crippen molar-refractivity contribution in [2.24, 2.45) is 17.3 Å². The molecule has 4 fully saturated rings. The molecule has 1 amide bonds. The molecule has 2 unspecified atom stereocenters. The number of pyridine rings is 1. The first-order valence-corrected chi connectivity index (χ1v) is 11.7. The number of hydrogen-bond acceptors (Lipinski definition) is 6. The zero-order valence-electron chi connectivity index (χ0n) is 19.2. The summed E-state index contributed by atoms with van der Waals surface area (Å²) in [5.74, 6) is 2.43. The second-order valence-corrected chi connectivity index (χ2v) is 11.3. The summed E-state index contributed by atoms with van der Waals surface area (Å²) >= 11 is 0. The summed E-state index contributed by atoms with van der Waals surface area (Å²) in [5.41, 5.74) is 2.17. The van der Waals surface area contributed by atoms with Crippen LogP contribution in [0.5, 0.6) is 0 Å². The first kappa shape index (κ1) is 20.9. The van der Waals surface area contributed by atoms with Gasteiger partial charge < -0.3 is 25.0 Å². The molecule has 1 aromatic rings. The number of aromatic nitrogens is 1. The van der Waals surface area contributed by atoms with Gasteiger partial charge in [0.1, 0.15) is 11.4 Å². The van der Waals surface area contributed by atoms with Crippen molar-refractivity contribution in [1.82, 2.24) is 10.3 Å². The van der Waals surface area contributed by atoms with Gasteiger partial charge in [0.25, 0.3) is 0 Å². The molecule has 4 aliphatic rings. The summed E-state index contributed by atoms with van der Waals surface area (Å²) in [6.45, 7) is 11.7. The monoisotopic (exact) mass is 428 g/mol. The minimum atomic E-state index is -0.444. The Morgan fingerprint density at radius 3 is 2.39 bits per heavy atom. The minimum Gasteiger partial charge on any atom is -0.444 e. The SMILES string of the molecule is Cc1nc(N2CC3COCC3C2)ccc1NC1CC2(CC(NC(=O)OC(C)(C)C)C2)C1. The van der Waals surface area contributed by atoms with Gasteiger partial charge in [0, 0.05) is 37.0 Å². The highest BCUT2D eigenvalue weighted by Gasteiger charge is 2.53. The highest BCUT2D eigenvalue weighted by molar-refractivity contribution is 5.68. The maximum absolute atomic E-state index is 11.9. The number of ether oxygens (including phenoxy) is 2. The third-order valence-electron chi connectivity index (χ3n) is 7.43. The fraction of sp³-hybridized carbons (Fsp3) is 0.750. The molecule has 7 nitrogen and oxygen atoms in total. The van der Waals surface area contributed by atoms with Gasteiger partial charge in [-0.15, -0.1) is 0 Å². The normalized spacial score (nSPS) is 34.1. The van der Waals surface area contributed by atoms with Crippen LogP contribution in [0.1, 0.15) is 52.1 Å². The highest BCUT2D eigenvalue weighted by atomic mass is 16.6. The third-order valence-corrected chi connectivity index (χ3v) is 7.43. The second kappa shape index (κ2) is 7.54. The van der Waals surface area contributed by atoms with Crippen molar-refractivity contribution in [1.29, 1.82) is 0 Å². The van der Waals surface area contributed by atoms with Crippen molar-refractivity contribution in [3.63, 3.8) is 0 Å². The zero-order valence-corrected chi connectivity index (χ0v) is 19.2. The lowest BCUT2D eigenvalue weighted by molar-refractivity contribution is -0.0178. The Labute approximate surface area is 185 Å². The highest BCUT2D eigenvalue weighted by Crippen LogP contribution is 2.56. The average molecular weight is 429 g/mol. The van der Waals surface area contributed by atoms with Gasteiger partial charge in [-0.3, -0.25) is 0 Å². The average Bonchev–Trinajstić information content (AvgIpc) is 3.19. The maximum atomic E-state index is 11.9. The molecule has 0 bridgehead atoms. The van der Waals surface area contributed by atoms with Crippen LogP contribution in [0, 0.1) is 24.2 Å². The Hall–Kier alpha value is -2.02. The lowest BCUT2D eigenvalue weighted by Crippen LogP contribution is -2.59. The van der Waals surface area contributed by atoms with E-state index in [-0.39, 0.29) is 12.1 Å².